The van der Waals surface area contributed by atoms with Crippen LogP contribution in [0.5, 0.6) is 5.75 Å². The molecule has 1 aromatic carbocycles. The van der Waals surface area contributed by atoms with Crippen LogP contribution in [-0.4, -0.2) is 29.6 Å². The zero-order valence-corrected chi connectivity index (χ0v) is 16.5. The summed E-state index contributed by atoms with van der Waals surface area (Å²) in [7, 11) is 0. The molecule has 4 nitrogen and oxygen atoms in total. The van der Waals surface area contributed by atoms with Gasteiger partial charge in [-0.15, -0.1) is 12.4 Å². The number of halogens is 1. The summed E-state index contributed by atoms with van der Waals surface area (Å²) >= 11 is 0. The lowest BCUT2D eigenvalue weighted by Crippen LogP contribution is -2.62. The van der Waals surface area contributed by atoms with Crippen LogP contribution in [0.15, 0.2) is 18.2 Å². The maximum Gasteiger partial charge on any atom is 0.258 e. The van der Waals surface area contributed by atoms with Crippen molar-refractivity contribution >= 4 is 18.3 Å². The highest BCUT2D eigenvalue weighted by Crippen LogP contribution is 2.28. The fraction of sp³-hybridized carbons (Fsp3) is 0.632. The average Bonchev–Trinajstić information content (AvgIpc) is 2.33. The smallest absolute Gasteiger partial charge is 0.258 e. The van der Waals surface area contributed by atoms with E-state index < -0.39 is 0 Å². The number of carbonyl (C=O) groups is 1. The summed E-state index contributed by atoms with van der Waals surface area (Å²) in [6.07, 6.45) is 1.84. The van der Waals surface area contributed by atoms with E-state index in [9.17, 15) is 4.79 Å². The molecule has 2 N–H and O–H groups in total. The summed E-state index contributed by atoms with van der Waals surface area (Å²) < 4.78 is 5.67. The van der Waals surface area contributed by atoms with E-state index in [1.165, 1.54) is 5.56 Å². The van der Waals surface area contributed by atoms with Gasteiger partial charge >= 0.3 is 0 Å². The van der Waals surface area contributed by atoms with Gasteiger partial charge in [0, 0.05) is 17.1 Å². The lowest BCUT2D eigenvalue weighted by molar-refractivity contribution is -0.124. The minimum Gasteiger partial charge on any atom is -0.484 e. The van der Waals surface area contributed by atoms with Crippen LogP contribution in [0, 0.1) is 13.8 Å². The predicted molar refractivity (Wildman–Crippen MR) is 101 cm³/mol. The molecule has 0 unspecified atom stereocenters. The van der Waals surface area contributed by atoms with E-state index in [1.54, 1.807) is 0 Å². The van der Waals surface area contributed by atoms with Crippen molar-refractivity contribution in [2.24, 2.45) is 0 Å². The summed E-state index contributed by atoms with van der Waals surface area (Å²) in [6, 6.07) is 6.16. The minimum atomic E-state index is -0.0523. The Kier molecular flexibility index (Phi) is 6.71. The fourth-order valence-electron chi connectivity index (χ4n) is 3.80. The molecule has 0 aliphatic carbocycles. The zero-order chi connectivity index (χ0) is 17.3. The van der Waals surface area contributed by atoms with Gasteiger partial charge in [-0.25, -0.2) is 0 Å². The van der Waals surface area contributed by atoms with Crippen LogP contribution in [0.25, 0.3) is 0 Å². The van der Waals surface area contributed by atoms with Crippen LogP contribution in [0.1, 0.15) is 51.7 Å². The predicted octanol–water partition coefficient (Wildman–Crippen LogP) is 3.53. The standard InChI is InChI=1S/C19H30N2O2.ClH/c1-13-7-8-16(14(2)9-13)23-12-17(22)20-15-10-18(3,4)21-19(5,6)11-15;/h7-9,15,21H,10-12H2,1-6H3,(H,20,22);1H. The second-order valence-corrected chi connectivity index (χ2v) is 8.12. The summed E-state index contributed by atoms with van der Waals surface area (Å²) in [5, 5.41) is 6.75. The van der Waals surface area contributed by atoms with Crippen molar-refractivity contribution in [3.8, 4) is 5.75 Å². The number of benzene rings is 1. The van der Waals surface area contributed by atoms with Gasteiger partial charge in [0.1, 0.15) is 5.75 Å². The number of aryl methyl sites for hydroxylation is 2. The van der Waals surface area contributed by atoms with Gasteiger partial charge in [0.05, 0.1) is 0 Å². The lowest BCUT2D eigenvalue weighted by Gasteiger charge is -2.46. The monoisotopic (exact) mass is 354 g/mol. The number of amides is 1. The molecular formula is C19H31ClN2O2. The van der Waals surface area contributed by atoms with Crippen molar-refractivity contribution < 1.29 is 9.53 Å². The van der Waals surface area contributed by atoms with Gasteiger partial charge in [-0.3, -0.25) is 4.79 Å². The van der Waals surface area contributed by atoms with Gasteiger partial charge in [0.15, 0.2) is 6.61 Å². The Labute approximate surface area is 152 Å². The van der Waals surface area contributed by atoms with E-state index in [0.717, 1.165) is 24.2 Å². The summed E-state index contributed by atoms with van der Waals surface area (Å²) in [6.45, 7) is 12.8. The number of hydrogen-bond donors (Lipinski definition) is 2. The first-order valence-electron chi connectivity index (χ1n) is 8.35. The largest absolute Gasteiger partial charge is 0.484 e. The molecule has 0 spiro atoms. The Bertz CT molecular complexity index is 569. The number of hydrogen-bond acceptors (Lipinski definition) is 3. The van der Waals surface area contributed by atoms with Gasteiger partial charge in [0.2, 0.25) is 0 Å². The number of carbonyl (C=O) groups excluding carboxylic acids is 1. The summed E-state index contributed by atoms with van der Waals surface area (Å²) in [5.41, 5.74) is 2.29. The molecule has 0 radical (unpaired) electrons. The van der Waals surface area contributed by atoms with Crippen LogP contribution in [0.3, 0.4) is 0 Å². The van der Waals surface area contributed by atoms with Crippen molar-refractivity contribution in [3.05, 3.63) is 29.3 Å². The van der Waals surface area contributed by atoms with Crippen molar-refractivity contribution in [2.75, 3.05) is 6.61 Å². The highest BCUT2D eigenvalue weighted by Gasteiger charge is 2.38. The Morgan fingerprint density at radius 2 is 1.79 bits per heavy atom. The van der Waals surface area contributed by atoms with Crippen LogP contribution in [-0.2, 0) is 4.79 Å². The molecular weight excluding hydrogens is 324 g/mol. The first kappa shape index (κ1) is 20.8. The van der Waals surface area contributed by atoms with Crippen LogP contribution >= 0.6 is 12.4 Å². The first-order chi connectivity index (χ1) is 10.6. The Morgan fingerprint density at radius 3 is 2.33 bits per heavy atom. The molecule has 1 amide bonds. The van der Waals surface area contributed by atoms with Crippen molar-refractivity contribution in [3.63, 3.8) is 0 Å². The highest BCUT2D eigenvalue weighted by atomic mass is 35.5. The number of nitrogens with one attached hydrogen (secondary N) is 2. The van der Waals surface area contributed by atoms with Gasteiger partial charge in [-0.2, -0.15) is 0 Å². The SMILES string of the molecule is Cc1ccc(OCC(=O)NC2CC(C)(C)NC(C)(C)C2)c(C)c1.Cl. The molecule has 1 fully saturated rings. The van der Waals surface area contributed by atoms with E-state index >= 15 is 0 Å². The molecule has 1 saturated heterocycles. The molecule has 1 heterocycles. The van der Waals surface area contributed by atoms with Crippen molar-refractivity contribution in [1.29, 1.82) is 0 Å². The Balaban J connectivity index is 0.00000288. The van der Waals surface area contributed by atoms with Gasteiger partial charge < -0.3 is 15.4 Å². The summed E-state index contributed by atoms with van der Waals surface area (Å²) in [5.74, 6) is 0.722. The molecule has 0 atom stereocenters. The maximum atomic E-state index is 12.2. The third-order valence-electron chi connectivity index (χ3n) is 4.24. The third kappa shape index (κ3) is 5.99. The molecule has 0 saturated carbocycles. The quantitative estimate of drug-likeness (QED) is 0.869. The molecule has 24 heavy (non-hydrogen) atoms. The van der Waals surface area contributed by atoms with Crippen LogP contribution in [0.2, 0.25) is 0 Å². The molecule has 1 aromatic rings. The number of rotatable bonds is 4. The number of piperidine rings is 1. The van der Waals surface area contributed by atoms with Crippen LogP contribution in [0.4, 0.5) is 0 Å². The highest BCUT2D eigenvalue weighted by molar-refractivity contribution is 5.85. The molecule has 136 valence electrons. The van der Waals surface area contributed by atoms with Gasteiger partial charge in [-0.05, 0) is 66.0 Å². The minimum absolute atomic E-state index is 0. The molecule has 2 rings (SSSR count). The van der Waals surface area contributed by atoms with Crippen LogP contribution < -0.4 is 15.4 Å². The third-order valence-corrected chi connectivity index (χ3v) is 4.24. The van der Waals surface area contributed by atoms with E-state index in [1.807, 2.05) is 26.0 Å². The lowest BCUT2D eigenvalue weighted by atomic mass is 9.79. The normalized spacial score (nSPS) is 19.2. The maximum absolute atomic E-state index is 12.2. The Morgan fingerprint density at radius 1 is 1.21 bits per heavy atom. The van der Waals surface area contributed by atoms with Crippen molar-refractivity contribution in [1.82, 2.24) is 10.6 Å². The van der Waals surface area contributed by atoms with E-state index in [-0.39, 0.29) is 42.0 Å². The van der Waals surface area contributed by atoms with Gasteiger partial charge in [-0.1, -0.05) is 17.7 Å². The van der Waals surface area contributed by atoms with Crippen molar-refractivity contribution in [2.45, 2.75) is 71.5 Å². The second-order valence-electron chi connectivity index (χ2n) is 8.12. The topological polar surface area (TPSA) is 50.4 Å². The zero-order valence-electron chi connectivity index (χ0n) is 15.7. The molecule has 1 aliphatic heterocycles. The molecule has 5 heteroatoms. The molecule has 0 bridgehead atoms. The fourth-order valence-corrected chi connectivity index (χ4v) is 3.80. The second kappa shape index (κ2) is 7.75. The Hall–Kier alpha value is -1.26. The van der Waals surface area contributed by atoms with E-state index in [2.05, 4.69) is 44.4 Å². The number of ether oxygens (including phenoxy) is 1. The van der Waals surface area contributed by atoms with Gasteiger partial charge in [0.25, 0.3) is 5.91 Å². The van der Waals surface area contributed by atoms with E-state index in [4.69, 9.17) is 4.74 Å². The first-order valence-corrected chi connectivity index (χ1v) is 8.35. The van der Waals surface area contributed by atoms with E-state index in [0.29, 0.717) is 0 Å². The average molecular weight is 355 g/mol. The molecule has 0 aromatic heterocycles. The summed E-state index contributed by atoms with van der Waals surface area (Å²) in [4.78, 5) is 12.2. The molecule has 1 aliphatic rings.